The molecule has 1 aromatic carbocycles. The van der Waals surface area contributed by atoms with Crippen LogP contribution in [0.25, 0.3) is 0 Å². The Hall–Kier alpha value is -0.600. The fourth-order valence-corrected chi connectivity index (χ4v) is 2.34. The SMILES string of the molecule is C=CCN(CCCCC)Cc1cccc(Br)c1. The fraction of sp³-hybridized carbons (Fsp3) is 0.467. The summed E-state index contributed by atoms with van der Waals surface area (Å²) in [6.45, 7) is 9.22. The summed E-state index contributed by atoms with van der Waals surface area (Å²) in [5, 5.41) is 0. The van der Waals surface area contributed by atoms with Gasteiger partial charge in [-0.05, 0) is 30.7 Å². The van der Waals surface area contributed by atoms with Crippen molar-refractivity contribution in [3.63, 3.8) is 0 Å². The maximum Gasteiger partial charge on any atom is 0.0237 e. The van der Waals surface area contributed by atoms with Gasteiger partial charge in [-0.25, -0.2) is 0 Å². The molecule has 0 aliphatic rings. The summed E-state index contributed by atoms with van der Waals surface area (Å²) in [5.41, 5.74) is 1.36. The van der Waals surface area contributed by atoms with Gasteiger partial charge in [-0.15, -0.1) is 6.58 Å². The van der Waals surface area contributed by atoms with Crippen molar-refractivity contribution >= 4 is 15.9 Å². The van der Waals surface area contributed by atoms with Crippen molar-refractivity contribution in [1.82, 2.24) is 4.90 Å². The Morgan fingerprint density at radius 3 is 2.82 bits per heavy atom. The van der Waals surface area contributed by atoms with Gasteiger partial charge in [0.25, 0.3) is 0 Å². The minimum atomic E-state index is 0.968. The minimum absolute atomic E-state index is 0.968. The number of rotatable bonds is 8. The molecule has 0 saturated heterocycles. The highest BCUT2D eigenvalue weighted by atomic mass is 79.9. The van der Waals surface area contributed by atoms with E-state index in [1.807, 2.05) is 6.08 Å². The van der Waals surface area contributed by atoms with E-state index in [-0.39, 0.29) is 0 Å². The van der Waals surface area contributed by atoms with Crippen LogP contribution in [0.15, 0.2) is 41.4 Å². The van der Waals surface area contributed by atoms with Crippen molar-refractivity contribution in [2.75, 3.05) is 13.1 Å². The van der Waals surface area contributed by atoms with Gasteiger partial charge in [0.1, 0.15) is 0 Å². The molecule has 0 unspecified atom stereocenters. The molecular formula is C15H22BrN. The standard InChI is InChI=1S/C15H22BrN/c1-3-5-6-11-17(10-4-2)13-14-8-7-9-15(16)12-14/h4,7-9,12H,2-3,5-6,10-11,13H2,1H3. The number of hydrogen-bond donors (Lipinski definition) is 0. The molecule has 0 bridgehead atoms. The van der Waals surface area contributed by atoms with Gasteiger partial charge >= 0.3 is 0 Å². The van der Waals surface area contributed by atoms with Crippen LogP contribution in [0.2, 0.25) is 0 Å². The van der Waals surface area contributed by atoms with Crippen molar-refractivity contribution in [2.45, 2.75) is 32.7 Å². The molecule has 0 N–H and O–H groups in total. The average molecular weight is 296 g/mol. The summed E-state index contributed by atoms with van der Waals surface area (Å²) in [5.74, 6) is 0. The van der Waals surface area contributed by atoms with Crippen molar-refractivity contribution in [2.24, 2.45) is 0 Å². The van der Waals surface area contributed by atoms with E-state index in [0.717, 1.165) is 24.1 Å². The van der Waals surface area contributed by atoms with Crippen molar-refractivity contribution in [3.8, 4) is 0 Å². The quantitative estimate of drug-likeness (QED) is 0.499. The van der Waals surface area contributed by atoms with Gasteiger partial charge < -0.3 is 0 Å². The zero-order chi connectivity index (χ0) is 12.5. The van der Waals surface area contributed by atoms with Crippen LogP contribution in [0.1, 0.15) is 31.7 Å². The van der Waals surface area contributed by atoms with Crippen LogP contribution < -0.4 is 0 Å². The van der Waals surface area contributed by atoms with Crippen LogP contribution in [0.5, 0.6) is 0 Å². The molecule has 0 aliphatic carbocycles. The molecule has 1 nitrogen and oxygen atoms in total. The molecule has 1 rings (SSSR count). The summed E-state index contributed by atoms with van der Waals surface area (Å²) in [6.07, 6.45) is 5.85. The van der Waals surface area contributed by atoms with Crippen LogP contribution in [0, 0.1) is 0 Å². The largest absolute Gasteiger partial charge is 0.295 e. The lowest BCUT2D eigenvalue weighted by Gasteiger charge is -2.20. The van der Waals surface area contributed by atoms with Crippen molar-refractivity contribution in [3.05, 3.63) is 47.0 Å². The first-order valence-corrected chi connectivity index (χ1v) is 7.13. The molecule has 0 aromatic heterocycles. The third-order valence-electron chi connectivity index (χ3n) is 2.76. The minimum Gasteiger partial charge on any atom is -0.295 e. The number of nitrogens with zero attached hydrogens (tertiary/aromatic N) is 1. The Morgan fingerprint density at radius 2 is 2.18 bits per heavy atom. The average Bonchev–Trinajstić information content (AvgIpc) is 2.29. The lowest BCUT2D eigenvalue weighted by Crippen LogP contribution is -2.24. The Labute approximate surface area is 114 Å². The zero-order valence-electron chi connectivity index (χ0n) is 10.7. The predicted octanol–water partition coefficient (Wildman–Crippen LogP) is 4.63. The van der Waals surface area contributed by atoms with Gasteiger partial charge in [0.05, 0.1) is 0 Å². The Morgan fingerprint density at radius 1 is 1.35 bits per heavy atom. The smallest absolute Gasteiger partial charge is 0.0237 e. The summed E-state index contributed by atoms with van der Waals surface area (Å²) >= 11 is 3.52. The van der Waals surface area contributed by atoms with E-state index in [1.165, 1.54) is 24.8 Å². The molecule has 17 heavy (non-hydrogen) atoms. The molecule has 1 aromatic rings. The maximum absolute atomic E-state index is 3.84. The summed E-state index contributed by atoms with van der Waals surface area (Å²) in [7, 11) is 0. The molecule has 0 aliphatic heterocycles. The van der Waals surface area contributed by atoms with E-state index >= 15 is 0 Å². The molecular weight excluding hydrogens is 274 g/mol. The second-order valence-corrected chi connectivity index (χ2v) is 5.28. The Bertz CT molecular complexity index is 335. The highest BCUT2D eigenvalue weighted by Crippen LogP contribution is 2.14. The van der Waals surface area contributed by atoms with Gasteiger partial charge in [-0.1, -0.05) is 53.9 Å². The van der Waals surface area contributed by atoms with Crippen molar-refractivity contribution in [1.29, 1.82) is 0 Å². The van der Waals surface area contributed by atoms with E-state index in [1.54, 1.807) is 0 Å². The number of unbranched alkanes of at least 4 members (excludes halogenated alkanes) is 2. The van der Waals surface area contributed by atoms with Crippen LogP contribution in [-0.4, -0.2) is 18.0 Å². The van der Waals surface area contributed by atoms with Crippen LogP contribution >= 0.6 is 15.9 Å². The van der Waals surface area contributed by atoms with E-state index in [4.69, 9.17) is 0 Å². The monoisotopic (exact) mass is 295 g/mol. The number of halogens is 1. The molecule has 94 valence electrons. The van der Waals surface area contributed by atoms with Gasteiger partial charge in [0.15, 0.2) is 0 Å². The lowest BCUT2D eigenvalue weighted by molar-refractivity contribution is 0.287. The molecule has 0 heterocycles. The zero-order valence-corrected chi connectivity index (χ0v) is 12.2. The summed E-state index contributed by atoms with van der Waals surface area (Å²) < 4.78 is 1.15. The van der Waals surface area contributed by atoms with Gasteiger partial charge in [0.2, 0.25) is 0 Å². The van der Waals surface area contributed by atoms with Crippen LogP contribution in [0.3, 0.4) is 0 Å². The van der Waals surface area contributed by atoms with Gasteiger partial charge in [0, 0.05) is 17.6 Å². The second kappa shape index (κ2) is 8.48. The van der Waals surface area contributed by atoms with E-state index < -0.39 is 0 Å². The van der Waals surface area contributed by atoms with E-state index in [2.05, 4.69) is 58.6 Å². The predicted molar refractivity (Wildman–Crippen MR) is 79.1 cm³/mol. The molecule has 2 heteroatoms. The van der Waals surface area contributed by atoms with E-state index in [0.29, 0.717) is 0 Å². The maximum atomic E-state index is 3.84. The first kappa shape index (κ1) is 14.5. The highest BCUT2D eigenvalue weighted by Gasteiger charge is 2.04. The first-order chi connectivity index (χ1) is 8.26. The third kappa shape index (κ3) is 6.04. The van der Waals surface area contributed by atoms with E-state index in [9.17, 15) is 0 Å². The molecule has 0 spiro atoms. The molecule has 0 saturated carbocycles. The molecule has 0 atom stereocenters. The summed E-state index contributed by atoms with van der Waals surface area (Å²) in [6, 6.07) is 8.53. The van der Waals surface area contributed by atoms with Crippen molar-refractivity contribution < 1.29 is 0 Å². The van der Waals surface area contributed by atoms with Gasteiger partial charge in [-0.3, -0.25) is 4.90 Å². The normalized spacial score (nSPS) is 10.8. The highest BCUT2D eigenvalue weighted by molar-refractivity contribution is 9.10. The van der Waals surface area contributed by atoms with Gasteiger partial charge in [-0.2, -0.15) is 0 Å². The van der Waals surface area contributed by atoms with Crippen LogP contribution in [0.4, 0.5) is 0 Å². The summed E-state index contributed by atoms with van der Waals surface area (Å²) in [4.78, 5) is 2.45. The fourth-order valence-electron chi connectivity index (χ4n) is 1.90. The molecule has 0 amide bonds. The first-order valence-electron chi connectivity index (χ1n) is 6.34. The molecule has 0 radical (unpaired) electrons. The van der Waals surface area contributed by atoms with Crippen LogP contribution in [-0.2, 0) is 6.54 Å². The second-order valence-electron chi connectivity index (χ2n) is 4.36. The topological polar surface area (TPSA) is 3.24 Å². The number of benzene rings is 1. The lowest BCUT2D eigenvalue weighted by atomic mass is 10.2. The third-order valence-corrected chi connectivity index (χ3v) is 3.25. The Kier molecular flexibility index (Phi) is 7.22. The molecule has 0 fully saturated rings. The number of hydrogen-bond acceptors (Lipinski definition) is 1. The Balaban J connectivity index is 2.50.